The molecule has 0 amide bonds. The van der Waals surface area contributed by atoms with E-state index in [1.165, 1.54) is 14.9 Å². The van der Waals surface area contributed by atoms with E-state index in [9.17, 15) is 0 Å². The Morgan fingerprint density at radius 3 is 2.63 bits per heavy atom. The molecule has 0 fully saturated rings. The molecule has 0 aliphatic rings. The third-order valence-corrected chi connectivity index (χ3v) is 5.19. The Morgan fingerprint density at radius 1 is 1.32 bits per heavy atom. The first-order chi connectivity index (χ1) is 9.19. The number of benzene rings is 1. The van der Waals surface area contributed by atoms with Crippen LogP contribution in [0.4, 0.5) is 0 Å². The van der Waals surface area contributed by atoms with Crippen molar-refractivity contribution in [3.8, 4) is 0 Å². The quantitative estimate of drug-likeness (QED) is 0.737. The largest absolute Gasteiger partial charge is 0.301 e. The summed E-state index contributed by atoms with van der Waals surface area (Å²) in [7, 11) is 2.17. The van der Waals surface area contributed by atoms with E-state index >= 15 is 0 Å². The van der Waals surface area contributed by atoms with Gasteiger partial charge in [0.2, 0.25) is 0 Å². The predicted molar refractivity (Wildman–Crippen MR) is 91.4 cm³/mol. The van der Waals surface area contributed by atoms with E-state index in [0.29, 0.717) is 5.92 Å². The first-order valence-electron chi connectivity index (χ1n) is 6.26. The first kappa shape index (κ1) is 15.1. The second-order valence-electron chi connectivity index (χ2n) is 4.72. The van der Waals surface area contributed by atoms with Gasteiger partial charge in [0, 0.05) is 33.7 Å². The minimum absolute atomic E-state index is 0.484. The average Bonchev–Trinajstić information content (AvgIpc) is 2.82. The molecule has 0 radical (unpaired) electrons. The van der Waals surface area contributed by atoms with Crippen LogP contribution in [-0.4, -0.2) is 24.2 Å². The molecule has 0 saturated heterocycles. The summed E-state index contributed by atoms with van der Waals surface area (Å²) in [6.07, 6.45) is 0. The number of hydrogen-bond donors (Lipinski definition) is 1. The highest BCUT2D eigenvalue weighted by molar-refractivity contribution is 9.10. The Labute approximate surface area is 133 Å². The number of thiophene rings is 1. The van der Waals surface area contributed by atoms with Gasteiger partial charge in [-0.15, -0.1) is 11.3 Å². The highest BCUT2D eigenvalue weighted by Gasteiger charge is 2.13. The second-order valence-corrected chi connectivity index (χ2v) is 6.99. The maximum absolute atomic E-state index is 4.50. The number of rotatable bonds is 6. The maximum Gasteiger partial charge on any atom is 0.0325 e. The molecule has 19 heavy (non-hydrogen) atoms. The fourth-order valence-electron chi connectivity index (χ4n) is 2.14. The lowest BCUT2D eigenvalue weighted by Crippen LogP contribution is -2.24. The number of thiol groups is 1. The summed E-state index contributed by atoms with van der Waals surface area (Å²) in [5.41, 5.74) is 1.37. The Bertz CT molecular complexity index is 498. The predicted octanol–water partition coefficient (Wildman–Crippen LogP) is 4.66. The van der Waals surface area contributed by atoms with Gasteiger partial charge in [-0.25, -0.2) is 0 Å². The number of hydrogen-bond acceptors (Lipinski definition) is 3. The van der Waals surface area contributed by atoms with Crippen molar-refractivity contribution in [3.63, 3.8) is 0 Å². The molecule has 1 heterocycles. The topological polar surface area (TPSA) is 3.24 Å². The van der Waals surface area contributed by atoms with E-state index < -0.39 is 0 Å². The van der Waals surface area contributed by atoms with Crippen molar-refractivity contribution in [2.75, 3.05) is 19.3 Å². The molecule has 0 spiro atoms. The second kappa shape index (κ2) is 7.48. The molecule has 1 aromatic carbocycles. The van der Waals surface area contributed by atoms with Gasteiger partial charge in [-0.05, 0) is 40.4 Å². The fourth-order valence-corrected chi connectivity index (χ4v) is 3.99. The molecular weight excluding hydrogens is 338 g/mol. The highest BCUT2D eigenvalue weighted by Crippen LogP contribution is 2.23. The zero-order chi connectivity index (χ0) is 13.7. The van der Waals surface area contributed by atoms with Gasteiger partial charge in [-0.2, -0.15) is 12.6 Å². The van der Waals surface area contributed by atoms with Crippen molar-refractivity contribution in [1.29, 1.82) is 0 Å². The Morgan fingerprint density at radius 2 is 2.05 bits per heavy atom. The van der Waals surface area contributed by atoms with Crippen molar-refractivity contribution >= 4 is 39.9 Å². The average molecular weight is 356 g/mol. The zero-order valence-electron chi connectivity index (χ0n) is 10.9. The highest BCUT2D eigenvalue weighted by atomic mass is 79.9. The number of nitrogens with zero attached hydrogens (tertiary/aromatic N) is 1. The summed E-state index contributed by atoms with van der Waals surface area (Å²) in [5.74, 6) is 1.36. The normalized spacial score (nSPS) is 12.8. The zero-order valence-corrected chi connectivity index (χ0v) is 14.2. The maximum atomic E-state index is 4.50. The van der Waals surface area contributed by atoms with Gasteiger partial charge < -0.3 is 4.90 Å². The van der Waals surface area contributed by atoms with Gasteiger partial charge in [-0.3, -0.25) is 0 Å². The summed E-state index contributed by atoms with van der Waals surface area (Å²) in [6, 6.07) is 12.8. The third kappa shape index (κ3) is 4.63. The van der Waals surface area contributed by atoms with Crippen LogP contribution in [0, 0.1) is 0 Å². The van der Waals surface area contributed by atoms with E-state index in [4.69, 9.17) is 0 Å². The van der Waals surface area contributed by atoms with Crippen LogP contribution in [0.3, 0.4) is 0 Å². The van der Waals surface area contributed by atoms with E-state index in [0.717, 1.165) is 18.8 Å². The minimum atomic E-state index is 0.484. The summed E-state index contributed by atoms with van der Waals surface area (Å²) >= 11 is 9.80. The Hall–Kier alpha value is -0.290. The van der Waals surface area contributed by atoms with E-state index in [1.54, 1.807) is 11.3 Å². The molecule has 0 aliphatic carbocycles. The lowest BCUT2D eigenvalue weighted by molar-refractivity contribution is 0.314. The van der Waals surface area contributed by atoms with Gasteiger partial charge >= 0.3 is 0 Å². The molecule has 0 bridgehead atoms. The van der Waals surface area contributed by atoms with E-state index in [1.807, 2.05) is 0 Å². The molecule has 1 aromatic heterocycles. The molecule has 1 atom stereocenters. The molecular formula is C15H18BrNS2. The lowest BCUT2D eigenvalue weighted by Gasteiger charge is -2.22. The van der Waals surface area contributed by atoms with E-state index in [2.05, 4.69) is 82.3 Å². The monoisotopic (exact) mass is 355 g/mol. The van der Waals surface area contributed by atoms with E-state index in [-0.39, 0.29) is 0 Å². The molecule has 2 rings (SSSR count). The minimum Gasteiger partial charge on any atom is -0.301 e. The van der Waals surface area contributed by atoms with Crippen molar-refractivity contribution < 1.29 is 0 Å². The number of likely N-dealkylation sites (N-methyl/N-ethyl adjacent to an activating group) is 1. The smallest absolute Gasteiger partial charge is 0.0325 e. The van der Waals surface area contributed by atoms with Crippen LogP contribution in [-0.2, 0) is 6.54 Å². The van der Waals surface area contributed by atoms with Crippen LogP contribution >= 0.6 is 39.9 Å². The summed E-state index contributed by atoms with van der Waals surface area (Å²) in [4.78, 5) is 3.76. The molecule has 4 heteroatoms. The van der Waals surface area contributed by atoms with Crippen molar-refractivity contribution in [2.45, 2.75) is 12.5 Å². The molecule has 0 aliphatic heterocycles. The molecule has 0 saturated carbocycles. The van der Waals surface area contributed by atoms with Gasteiger partial charge in [0.15, 0.2) is 0 Å². The van der Waals surface area contributed by atoms with Crippen molar-refractivity contribution in [3.05, 3.63) is 56.7 Å². The SMILES string of the molecule is CN(Cc1cc(Br)cs1)CC(CS)c1ccccc1. The van der Waals surface area contributed by atoms with Gasteiger partial charge in [-0.1, -0.05) is 30.3 Å². The molecule has 0 N–H and O–H groups in total. The Kier molecular flexibility index (Phi) is 5.95. The summed E-state index contributed by atoms with van der Waals surface area (Å²) in [6.45, 7) is 2.02. The van der Waals surface area contributed by atoms with Crippen LogP contribution in [0.5, 0.6) is 0 Å². The summed E-state index contributed by atoms with van der Waals surface area (Å²) in [5, 5.41) is 2.14. The van der Waals surface area contributed by atoms with Gasteiger partial charge in [0.05, 0.1) is 0 Å². The molecule has 102 valence electrons. The van der Waals surface area contributed by atoms with Gasteiger partial charge in [0.25, 0.3) is 0 Å². The molecule has 2 aromatic rings. The summed E-state index contributed by atoms with van der Waals surface area (Å²) < 4.78 is 1.18. The fraction of sp³-hybridized carbons (Fsp3) is 0.333. The van der Waals surface area contributed by atoms with Crippen LogP contribution in [0.2, 0.25) is 0 Å². The van der Waals surface area contributed by atoms with Crippen LogP contribution in [0.1, 0.15) is 16.4 Å². The van der Waals surface area contributed by atoms with Crippen molar-refractivity contribution in [2.24, 2.45) is 0 Å². The third-order valence-electron chi connectivity index (χ3n) is 3.07. The Balaban J connectivity index is 1.95. The van der Waals surface area contributed by atoms with Crippen molar-refractivity contribution in [1.82, 2.24) is 4.90 Å². The first-order valence-corrected chi connectivity index (χ1v) is 8.57. The van der Waals surface area contributed by atoms with Crippen LogP contribution in [0.25, 0.3) is 0 Å². The standard InChI is InChI=1S/C15H18BrNS2/c1-17(9-15-7-14(16)11-19-15)8-13(10-18)12-5-3-2-4-6-12/h2-7,11,13,18H,8-10H2,1H3. The lowest BCUT2D eigenvalue weighted by atomic mass is 10.0. The number of halogens is 1. The van der Waals surface area contributed by atoms with Gasteiger partial charge in [0.1, 0.15) is 0 Å². The molecule has 1 unspecified atom stereocenters. The van der Waals surface area contributed by atoms with Crippen LogP contribution in [0.15, 0.2) is 46.3 Å². The van der Waals surface area contributed by atoms with Crippen LogP contribution < -0.4 is 0 Å². The molecule has 1 nitrogen and oxygen atoms in total.